The predicted molar refractivity (Wildman–Crippen MR) is 113 cm³/mol. The van der Waals surface area contributed by atoms with E-state index in [1.165, 1.54) is 0 Å². The summed E-state index contributed by atoms with van der Waals surface area (Å²) in [4.78, 5) is 20.8. The van der Waals surface area contributed by atoms with Crippen molar-refractivity contribution in [2.45, 2.75) is 6.92 Å². The fraction of sp³-hybridized carbons (Fsp3) is 0.190. The number of aromatic nitrogens is 2. The minimum absolute atomic E-state index is 0.358. The number of anilines is 4. The molecule has 0 spiro atoms. The van der Waals surface area contributed by atoms with E-state index in [2.05, 4.69) is 25.9 Å². The van der Waals surface area contributed by atoms with E-state index in [-0.39, 0.29) is 6.03 Å². The zero-order chi connectivity index (χ0) is 20.9. The standard InChI is InChI=1S/C21H21N5O4/c1-13-22-19(12-20(23-13)28-2)24-14-3-5-15(6-4-14)25-21(27)26-16-7-8-17-18(11-16)30-10-9-29-17/h3-8,11-12H,9-10H2,1-2H3,(H,22,23,24)(H2,25,26,27). The Labute approximate surface area is 173 Å². The number of rotatable bonds is 5. The van der Waals surface area contributed by atoms with E-state index in [0.29, 0.717) is 53.6 Å². The molecule has 30 heavy (non-hydrogen) atoms. The molecular weight excluding hydrogens is 386 g/mol. The minimum atomic E-state index is -0.358. The largest absolute Gasteiger partial charge is 0.486 e. The summed E-state index contributed by atoms with van der Waals surface area (Å²) in [6.07, 6.45) is 0. The molecular formula is C21H21N5O4. The Balaban J connectivity index is 1.36. The zero-order valence-electron chi connectivity index (χ0n) is 16.6. The number of methoxy groups -OCH3 is 1. The fourth-order valence-electron chi connectivity index (χ4n) is 2.91. The van der Waals surface area contributed by atoms with Crippen molar-refractivity contribution >= 4 is 28.9 Å². The molecule has 1 aromatic heterocycles. The molecule has 0 atom stereocenters. The number of fused-ring (bicyclic) bond motifs is 1. The minimum Gasteiger partial charge on any atom is -0.486 e. The number of benzene rings is 2. The van der Waals surface area contributed by atoms with Crippen LogP contribution in [0.2, 0.25) is 0 Å². The Morgan fingerprint density at radius 2 is 1.57 bits per heavy atom. The van der Waals surface area contributed by atoms with Crippen molar-refractivity contribution in [2.24, 2.45) is 0 Å². The van der Waals surface area contributed by atoms with Gasteiger partial charge in [-0.25, -0.2) is 9.78 Å². The van der Waals surface area contributed by atoms with Gasteiger partial charge in [0.2, 0.25) is 5.88 Å². The second-order valence-corrected chi connectivity index (χ2v) is 6.48. The maximum absolute atomic E-state index is 12.3. The lowest BCUT2D eigenvalue weighted by Crippen LogP contribution is -2.20. The number of carbonyl (C=O) groups excluding carboxylic acids is 1. The van der Waals surface area contributed by atoms with Gasteiger partial charge >= 0.3 is 6.03 Å². The number of hydrogen-bond donors (Lipinski definition) is 3. The van der Waals surface area contributed by atoms with Crippen LogP contribution in [0.3, 0.4) is 0 Å². The second kappa shape index (κ2) is 8.56. The van der Waals surface area contributed by atoms with Crippen molar-refractivity contribution in [3.05, 3.63) is 54.4 Å². The van der Waals surface area contributed by atoms with Crippen LogP contribution < -0.4 is 30.2 Å². The normalized spacial score (nSPS) is 12.1. The molecule has 0 bridgehead atoms. The molecule has 2 aromatic carbocycles. The Kier molecular flexibility index (Phi) is 5.51. The summed E-state index contributed by atoms with van der Waals surface area (Å²) in [6.45, 7) is 2.81. The Hall–Kier alpha value is -4.01. The van der Waals surface area contributed by atoms with Gasteiger partial charge in [0.15, 0.2) is 11.5 Å². The van der Waals surface area contributed by atoms with E-state index < -0.39 is 0 Å². The van der Waals surface area contributed by atoms with Gasteiger partial charge < -0.3 is 30.2 Å². The van der Waals surface area contributed by atoms with Gasteiger partial charge in [0, 0.05) is 29.2 Å². The number of ether oxygens (including phenoxy) is 3. The highest BCUT2D eigenvalue weighted by atomic mass is 16.6. The van der Waals surface area contributed by atoms with Crippen molar-refractivity contribution in [2.75, 3.05) is 36.3 Å². The Morgan fingerprint density at radius 1 is 0.900 bits per heavy atom. The summed E-state index contributed by atoms with van der Waals surface area (Å²) in [7, 11) is 1.56. The van der Waals surface area contributed by atoms with Gasteiger partial charge in [-0.3, -0.25) is 0 Å². The predicted octanol–water partition coefficient (Wildman–Crippen LogP) is 3.95. The van der Waals surface area contributed by atoms with Crippen molar-refractivity contribution in [3.63, 3.8) is 0 Å². The molecule has 9 nitrogen and oxygen atoms in total. The topological polar surface area (TPSA) is 107 Å². The molecule has 4 rings (SSSR count). The molecule has 2 heterocycles. The second-order valence-electron chi connectivity index (χ2n) is 6.48. The lowest BCUT2D eigenvalue weighted by atomic mass is 10.2. The summed E-state index contributed by atoms with van der Waals surface area (Å²) >= 11 is 0. The van der Waals surface area contributed by atoms with Gasteiger partial charge in [0.25, 0.3) is 0 Å². The summed E-state index contributed by atoms with van der Waals surface area (Å²) in [6, 6.07) is 13.9. The van der Waals surface area contributed by atoms with Gasteiger partial charge in [-0.2, -0.15) is 4.98 Å². The molecule has 2 amide bonds. The molecule has 154 valence electrons. The molecule has 0 radical (unpaired) electrons. The number of nitrogens with one attached hydrogen (secondary N) is 3. The van der Waals surface area contributed by atoms with Crippen LogP contribution >= 0.6 is 0 Å². The lowest BCUT2D eigenvalue weighted by molar-refractivity contribution is 0.171. The van der Waals surface area contributed by atoms with Crippen LogP contribution in [0.5, 0.6) is 17.4 Å². The summed E-state index contributed by atoms with van der Waals surface area (Å²) in [5.74, 6) is 3.00. The first-order valence-corrected chi connectivity index (χ1v) is 9.33. The third kappa shape index (κ3) is 4.69. The van der Waals surface area contributed by atoms with E-state index >= 15 is 0 Å². The maximum Gasteiger partial charge on any atom is 0.323 e. The van der Waals surface area contributed by atoms with Gasteiger partial charge in [-0.05, 0) is 43.3 Å². The first-order valence-electron chi connectivity index (χ1n) is 9.33. The fourth-order valence-corrected chi connectivity index (χ4v) is 2.91. The molecule has 0 fully saturated rings. The van der Waals surface area contributed by atoms with Gasteiger partial charge in [0.1, 0.15) is 24.9 Å². The molecule has 0 unspecified atom stereocenters. The first kappa shape index (κ1) is 19.3. The third-order valence-corrected chi connectivity index (χ3v) is 4.24. The molecule has 1 aliphatic heterocycles. The van der Waals surface area contributed by atoms with Crippen molar-refractivity contribution in [1.82, 2.24) is 9.97 Å². The average Bonchev–Trinajstić information content (AvgIpc) is 2.74. The maximum atomic E-state index is 12.3. The van der Waals surface area contributed by atoms with E-state index in [9.17, 15) is 4.79 Å². The van der Waals surface area contributed by atoms with Crippen LogP contribution in [-0.2, 0) is 0 Å². The van der Waals surface area contributed by atoms with E-state index in [0.717, 1.165) is 5.69 Å². The number of carbonyl (C=O) groups is 1. The lowest BCUT2D eigenvalue weighted by Gasteiger charge is -2.19. The molecule has 1 aliphatic rings. The smallest absolute Gasteiger partial charge is 0.323 e. The first-order chi connectivity index (χ1) is 14.6. The van der Waals surface area contributed by atoms with Crippen molar-refractivity contribution in [3.8, 4) is 17.4 Å². The Bertz CT molecular complexity index is 1060. The van der Waals surface area contributed by atoms with Crippen LogP contribution in [0, 0.1) is 6.92 Å². The van der Waals surface area contributed by atoms with Crippen LogP contribution in [0.25, 0.3) is 0 Å². The average molecular weight is 407 g/mol. The SMILES string of the molecule is COc1cc(Nc2ccc(NC(=O)Nc3ccc4c(c3)OCCO4)cc2)nc(C)n1. The number of urea groups is 1. The van der Waals surface area contributed by atoms with Crippen molar-refractivity contribution < 1.29 is 19.0 Å². The van der Waals surface area contributed by atoms with Crippen molar-refractivity contribution in [1.29, 1.82) is 0 Å². The highest BCUT2D eigenvalue weighted by Crippen LogP contribution is 2.32. The number of nitrogens with zero attached hydrogens (tertiary/aromatic N) is 2. The quantitative estimate of drug-likeness (QED) is 0.588. The molecule has 3 aromatic rings. The number of aryl methyl sites for hydroxylation is 1. The monoisotopic (exact) mass is 407 g/mol. The Morgan fingerprint density at radius 3 is 2.33 bits per heavy atom. The highest BCUT2D eigenvalue weighted by molar-refractivity contribution is 6.00. The van der Waals surface area contributed by atoms with E-state index in [1.807, 2.05) is 12.1 Å². The van der Waals surface area contributed by atoms with Gasteiger partial charge in [-0.1, -0.05) is 0 Å². The van der Waals surface area contributed by atoms with E-state index in [1.54, 1.807) is 50.4 Å². The molecule has 0 saturated heterocycles. The summed E-state index contributed by atoms with van der Waals surface area (Å²) < 4.78 is 16.2. The third-order valence-electron chi connectivity index (χ3n) is 4.24. The molecule has 0 saturated carbocycles. The highest BCUT2D eigenvalue weighted by Gasteiger charge is 2.13. The number of amides is 2. The van der Waals surface area contributed by atoms with Crippen LogP contribution in [0.4, 0.5) is 27.7 Å². The summed E-state index contributed by atoms with van der Waals surface area (Å²) in [5.41, 5.74) is 2.07. The summed E-state index contributed by atoms with van der Waals surface area (Å²) in [5, 5.41) is 8.76. The van der Waals surface area contributed by atoms with Crippen LogP contribution in [0.1, 0.15) is 5.82 Å². The van der Waals surface area contributed by atoms with Gasteiger partial charge in [-0.15, -0.1) is 0 Å². The number of hydrogen-bond acceptors (Lipinski definition) is 7. The van der Waals surface area contributed by atoms with E-state index in [4.69, 9.17) is 14.2 Å². The van der Waals surface area contributed by atoms with Crippen LogP contribution in [-0.4, -0.2) is 36.3 Å². The zero-order valence-corrected chi connectivity index (χ0v) is 16.6. The molecule has 9 heteroatoms. The van der Waals surface area contributed by atoms with Gasteiger partial charge in [0.05, 0.1) is 7.11 Å². The van der Waals surface area contributed by atoms with Crippen LogP contribution in [0.15, 0.2) is 48.5 Å². The molecule has 0 aliphatic carbocycles. The molecule has 3 N–H and O–H groups in total.